The molecule has 0 aliphatic carbocycles. The minimum atomic E-state index is 0.435. The van der Waals surface area contributed by atoms with Crippen molar-refractivity contribution >= 4 is 23.4 Å². The lowest BCUT2D eigenvalue weighted by molar-refractivity contribution is 0.775. The molecule has 6 nitrogen and oxygen atoms in total. The summed E-state index contributed by atoms with van der Waals surface area (Å²) in [5.74, 6) is 1.31. The third-order valence-electron chi connectivity index (χ3n) is 1.51. The fourth-order valence-electron chi connectivity index (χ4n) is 0.936. The molecule has 2 heterocycles. The molecule has 0 aliphatic heterocycles. The second kappa shape index (κ2) is 3.06. The Kier molecular flexibility index (Phi) is 1.90. The van der Waals surface area contributed by atoms with E-state index in [4.69, 9.17) is 11.6 Å². The van der Waals surface area contributed by atoms with Crippen LogP contribution in [0, 0.1) is 0 Å². The molecule has 0 aromatic carbocycles. The van der Waals surface area contributed by atoms with Gasteiger partial charge in [0.2, 0.25) is 5.95 Å². The summed E-state index contributed by atoms with van der Waals surface area (Å²) >= 11 is 5.69. The van der Waals surface area contributed by atoms with Gasteiger partial charge in [0.1, 0.15) is 12.1 Å². The van der Waals surface area contributed by atoms with Gasteiger partial charge in [0.25, 0.3) is 0 Å². The van der Waals surface area contributed by atoms with E-state index in [-0.39, 0.29) is 0 Å². The van der Waals surface area contributed by atoms with Crippen molar-refractivity contribution in [2.75, 3.05) is 5.32 Å². The van der Waals surface area contributed by atoms with E-state index < -0.39 is 0 Å². The van der Waals surface area contributed by atoms with Crippen molar-refractivity contribution in [1.29, 1.82) is 0 Å². The van der Waals surface area contributed by atoms with Crippen LogP contribution in [0.1, 0.15) is 0 Å². The van der Waals surface area contributed by atoms with Crippen LogP contribution in [0.5, 0.6) is 0 Å². The molecule has 68 valence electrons. The maximum Gasteiger partial charge on any atom is 0.224 e. The van der Waals surface area contributed by atoms with Crippen molar-refractivity contribution in [3.05, 3.63) is 17.5 Å². The minimum absolute atomic E-state index is 0.435. The van der Waals surface area contributed by atoms with Crippen LogP contribution in [0.2, 0.25) is 5.15 Å². The van der Waals surface area contributed by atoms with Crippen molar-refractivity contribution in [2.24, 2.45) is 7.05 Å². The molecule has 0 aliphatic rings. The first kappa shape index (κ1) is 8.06. The van der Waals surface area contributed by atoms with Gasteiger partial charge in [0, 0.05) is 13.1 Å². The Morgan fingerprint density at radius 3 is 3.00 bits per heavy atom. The van der Waals surface area contributed by atoms with Crippen LogP contribution in [0.4, 0.5) is 11.8 Å². The van der Waals surface area contributed by atoms with Crippen LogP contribution >= 0.6 is 11.6 Å². The van der Waals surface area contributed by atoms with Crippen LogP contribution in [0.25, 0.3) is 0 Å². The van der Waals surface area contributed by atoms with Crippen molar-refractivity contribution < 1.29 is 0 Å². The van der Waals surface area contributed by atoms with Gasteiger partial charge in [-0.05, 0) is 0 Å². The number of hydrogen-bond acceptors (Lipinski definition) is 4. The van der Waals surface area contributed by atoms with E-state index >= 15 is 0 Å². The standard InChI is InChI=1S/C6H7ClN6/c1-13-5(2-4(7)12-13)10-6-8-3-9-11-6/h2-3H,1H3,(H2,8,9,10,11). The maximum absolute atomic E-state index is 5.69. The summed E-state index contributed by atoms with van der Waals surface area (Å²) in [5.41, 5.74) is 0. The summed E-state index contributed by atoms with van der Waals surface area (Å²) in [6.07, 6.45) is 1.42. The molecule has 7 heteroatoms. The van der Waals surface area contributed by atoms with Gasteiger partial charge in [-0.25, -0.2) is 5.10 Å². The second-order valence-electron chi connectivity index (χ2n) is 2.43. The van der Waals surface area contributed by atoms with Crippen molar-refractivity contribution in [3.8, 4) is 0 Å². The average molecular weight is 199 g/mol. The van der Waals surface area contributed by atoms with Gasteiger partial charge < -0.3 is 5.32 Å². The summed E-state index contributed by atoms with van der Waals surface area (Å²) in [5, 5.41) is 13.7. The molecule has 0 saturated heterocycles. The number of nitrogens with zero attached hydrogens (tertiary/aromatic N) is 4. The lowest BCUT2D eigenvalue weighted by atomic mass is 10.6. The van der Waals surface area contributed by atoms with E-state index in [1.165, 1.54) is 6.33 Å². The number of aryl methyl sites for hydroxylation is 1. The molecular weight excluding hydrogens is 192 g/mol. The van der Waals surface area contributed by atoms with Crippen molar-refractivity contribution in [1.82, 2.24) is 25.0 Å². The third-order valence-corrected chi connectivity index (χ3v) is 1.70. The molecule has 0 saturated carbocycles. The van der Waals surface area contributed by atoms with Gasteiger partial charge in [0.15, 0.2) is 5.15 Å². The maximum atomic E-state index is 5.69. The number of halogens is 1. The number of hydrogen-bond donors (Lipinski definition) is 2. The first-order valence-electron chi connectivity index (χ1n) is 3.57. The highest BCUT2D eigenvalue weighted by Gasteiger charge is 2.03. The number of nitrogens with one attached hydrogen (secondary N) is 2. The Morgan fingerprint density at radius 2 is 2.46 bits per heavy atom. The van der Waals surface area contributed by atoms with Crippen molar-refractivity contribution in [2.45, 2.75) is 0 Å². The van der Waals surface area contributed by atoms with E-state index in [2.05, 4.69) is 25.6 Å². The fraction of sp³-hybridized carbons (Fsp3) is 0.167. The largest absolute Gasteiger partial charge is 0.309 e. The normalized spacial score (nSPS) is 10.3. The Balaban J connectivity index is 2.23. The quantitative estimate of drug-likeness (QED) is 0.753. The Morgan fingerprint density at radius 1 is 1.62 bits per heavy atom. The summed E-state index contributed by atoms with van der Waals surface area (Å²) in [4.78, 5) is 3.90. The average Bonchev–Trinajstić information content (AvgIpc) is 2.63. The van der Waals surface area contributed by atoms with E-state index in [0.717, 1.165) is 5.82 Å². The fourth-order valence-corrected chi connectivity index (χ4v) is 1.15. The van der Waals surface area contributed by atoms with Crippen molar-refractivity contribution in [3.63, 3.8) is 0 Å². The van der Waals surface area contributed by atoms with E-state index in [0.29, 0.717) is 11.1 Å². The molecule has 2 N–H and O–H groups in total. The minimum Gasteiger partial charge on any atom is -0.309 e. The highest BCUT2D eigenvalue weighted by atomic mass is 35.5. The Hall–Kier alpha value is -1.56. The van der Waals surface area contributed by atoms with E-state index in [1.54, 1.807) is 17.8 Å². The molecule has 0 bridgehead atoms. The molecule has 0 atom stereocenters. The SMILES string of the molecule is Cn1nc(Cl)cc1Nc1ncn[nH]1. The molecule has 0 unspecified atom stereocenters. The Labute approximate surface area is 78.9 Å². The van der Waals surface area contributed by atoms with E-state index in [1.807, 2.05) is 0 Å². The van der Waals surface area contributed by atoms with Gasteiger partial charge >= 0.3 is 0 Å². The van der Waals surface area contributed by atoms with Gasteiger partial charge in [0.05, 0.1) is 0 Å². The van der Waals surface area contributed by atoms with Crippen LogP contribution in [-0.2, 0) is 7.05 Å². The van der Waals surface area contributed by atoms with Crippen LogP contribution in [0.15, 0.2) is 12.4 Å². The van der Waals surface area contributed by atoms with Crippen LogP contribution in [0.3, 0.4) is 0 Å². The number of H-pyrrole nitrogens is 1. The van der Waals surface area contributed by atoms with E-state index in [9.17, 15) is 0 Å². The van der Waals surface area contributed by atoms with Crippen LogP contribution in [-0.4, -0.2) is 25.0 Å². The summed E-state index contributed by atoms with van der Waals surface area (Å²) in [7, 11) is 1.78. The molecule has 2 aromatic heterocycles. The predicted octanol–water partition coefficient (Wildman–Crippen LogP) is 0.935. The zero-order chi connectivity index (χ0) is 9.26. The number of anilines is 2. The molecule has 0 radical (unpaired) electrons. The Bertz CT molecular complexity index is 391. The lowest BCUT2D eigenvalue weighted by Gasteiger charge is -2.00. The molecule has 0 amide bonds. The topological polar surface area (TPSA) is 71.4 Å². The highest BCUT2D eigenvalue weighted by molar-refractivity contribution is 6.29. The zero-order valence-electron chi connectivity index (χ0n) is 6.82. The predicted molar refractivity (Wildman–Crippen MR) is 47.9 cm³/mol. The molecular formula is C6H7ClN6. The summed E-state index contributed by atoms with van der Waals surface area (Å²) in [6.45, 7) is 0. The first-order valence-corrected chi connectivity index (χ1v) is 3.95. The summed E-state index contributed by atoms with van der Waals surface area (Å²) < 4.78 is 1.62. The highest BCUT2D eigenvalue weighted by Crippen LogP contribution is 2.15. The van der Waals surface area contributed by atoms with Gasteiger partial charge in [-0.2, -0.15) is 15.2 Å². The molecule has 0 spiro atoms. The first-order chi connectivity index (χ1) is 6.25. The van der Waals surface area contributed by atoms with Gasteiger partial charge in [-0.1, -0.05) is 11.6 Å². The van der Waals surface area contributed by atoms with Crippen LogP contribution < -0.4 is 5.32 Å². The summed E-state index contributed by atoms with van der Waals surface area (Å²) in [6, 6.07) is 1.70. The van der Waals surface area contributed by atoms with Gasteiger partial charge in [-0.15, -0.1) is 0 Å². The lowest BCUT2D eigenvalue weighted by Crippen LogP contribution is -2.00. The number of aromatic nitrogens is 5. The molecule has 2 rings (SSSR count). The number of aromatic amines is 1. The molecule has 13 heavy (non-hydrogen) atoms. The monoisotopic (exact) mass is 198 g/mol. The third kappa shape index (κ3) is 1.62. The molecule has 0 fully saturated rings. The zero-order valence-corrected chi connectivity index (χ0v) is 7.58. The molecule has 2 aromatic rings. The van der Waals surface area contributed by atoms with Gasteiger partial charge in [-0.3, -0.25) is 4.68 Å². The number of rotatable bonds is 2. The smallest absolute Gasteiger partial charge is 0.224 e. The second-order valence-corrected chi connectivity index (χ2v) is 2.82.